The van der Waals surface area contributed by atoms with Crippen LogP contribution in [0.1, 0.15) is 17.5 Å². The maximum Gasteiger partial charge on any atom is 0.305 e. The molecule has 1 amide bonds. The third kappa shape index (κ3) is 5.40. The Hall–Kier alpha value is -3.20. The number of amidine groups is 1. The zero-order valence-corrected chi connectivity index (χ0v) is 15.4. The molecule has 0 spiro atoms. The van der Waals surface area contributed by atoms with Gasteiger partial charge in [0.2, 0.25) is 5.91 Å². The third-order valence-electron chi connectivity index (χ3n) is 3.71. The van der Waals surface area contributed by atoms with Crippen molar-refractivity contribution in [2.75, 3.05) is 0 Å². The molecule has 1 saturated heterocycles. The second kappa shape index (κ2) is 9.14. The predicted molar refractivity (Wildman–Crippen MR) is 104 cm³/mol. The molecule has 1 aliphatic rings. The van der Waals surface area contributed by atoms with E-state index in [0.717, 1.165) is 17.3 Å². The summed E-state index contributed by atoms with van der Waals surface area (Å²) in [4.78, 5) is 22.4. The van der Waals surface area contributed by atoms with Gasteiger partial charge in [-0.2, -0.15) is 5.10 Å². The summed E-state index contributed by atoms with van der Waals surface area (Å²) in [6.07, 6.45) is 1.20. The van der Waals surface area contributed by atoms with E-state index in [9.17, 15) is 14.0 Å². The molecule has 1 unspecified atom stereocenters. The Kier molecular flexibility index (Phi) is 6.38. The molecule has 0 aliphatic carbocycles. The molecule has 1 aliphatic heterocycles. The largest absolute Gasteiger partial charge is 0.488 e. The van der Waals surface area contributed by atoms with Gasteiger partial charge in [-0.1, -0.05) is 36.0 Å². The highest BCUT2D eigenvalue weighted by atomic mass is 32.2. The first-order valence-electron chi connectivity index (χ1n) is 8.28. The topological polar surface area (TPSA) is 100 Å². The van der Waals surface area contributed by atoms with Gasteiger partial charge in [0.05, 0.1) is 12.6 Å². The van der Waals surface area contributed by atoms with E-state index >= 15 is 0 Å². The van der Waals surface area contributed by atoms with Crippen LogP contribution in [0.25, 0.3) is 0 Å². The SMILES string of the molecule is O=C(O)CC1S/C(=N\N=C\c2ccccc2OCc2ccc(F)cc2)NC1=O. The Morgan fingerprint density at radius 3 is 2.75 bits per heavy atom. The van der Waals surface area contributed by atoms with Gasteiger partial charge in [-0.3, -0.25) is 9.59 Å². The fraction of sp³-hybridized carbons (Fsp3) is 0.158. The Labute approximate surface area is 164 Å². The highest BCUT2D eigenvalue weighted by Gasteiger charge is 2.32. The molecule has 1 atom stereocenters. The first-order chi connectivity index (χ1) is 13.5. The van der Waals surface area contributed by atoms with Crippen LogP contribution in [-0.4, -0.2) is 33.6 Å². The molecule has 0 aromatic heterocycles. The van der Waals surface area contributed by atoms with Gasteiger partial charge in [0.1, 0.15) is 23.4 Å². The summed E-state index contributed by atoms with van der Waals surface area (Å²) < 4.78 is 18.7. The van der Waals surface area contributed by atoms with E-state index in [0.29, 0.717) is 11.3 Å². The van der Waals surface area contributed by atoms with Crippen LogP contribution < -0.4 is 10.1 Å². The van der Waals surface area contributed by atoms with Gasteiger partial charge in [0.15, 0.2) is 5.17 Å². The van der Waals surface area contributed by atoms with Crippen LogP contribution in [0.3, 0.4) is 0 Å². The van der Waals surface area contributed by atoms with Gasteiger partial charge >= 0.3 is 5.97 Å². The maximum absolute atomic E-state index is 13.0. The summed E-state index contributed by atoms with van der Waals surface area (Å²) in [7, 11) is 0. The third-order valence-corrected chi connectivity index (χ3v) is 4.78. The number of carboxylic acids is 1. The van der Waals surface area contributed by atoms with Gasteiger partial charge in [-0.25, -0.2) is 4.39 Å². The predicted octanol–water partition coefficient (Wildman–Crippen LogP) is 2.80. The standard InChI is InChI=1S/C19H16FN3O4S/c20-14-7-5-12(6-8-14)11-27-15-4-2-1-3-13(15)10-21-23-19-22-18(26)16(28-19)9-17(24)25/h1-8,10,16H,9,11H2,(H,24,25)(H,22,23,26)/b21-10+. The number of thioether (sulfide) groups is 1. The highest BCUT2D eigenvalue weighted by molar-refractivity contribution is 8.15. The van der Waals surface area contributed by atoms with E-state index in [1.54, 1.807) is 24.3 Å². The Bertz CT molecular complexity index is 931. The number of nitrogens with zero attached hydrogens (tertiary/aromatic N) is 2. The van der Waals surface area contributed by atoms with Crippen molar-refractivity contribution in [3.63, 3.8) is 0 Å². The molecule has 2 aromatic carbocycles. The maximum atomic E-state index is 13.0. The number of halogens is 1. The molecule has 2 aromatic rings. The molecule has 3 rings (SSSR count). The minimum atomic E-state index is -1.05. The number of benzene rings is 2. The first kappa shape index (κ1) is 19.6. The zero-order chi connectivity index (χ0) is 19.9. The smallest absolute Gasteiger partial charge is 0.305 e. The lowest BCUT2D eigenvalue weighted by Gasteiger charge is -2.08. The monoisotopic (exact) mass is 401 g/mol. The summed E-state index contributed by atoms with van der Waals surface area (Å²) in [5, 5.41) is 18.7. The van der Waals surface area contributed by atoms with Crippen LogP contribution in [-0.2, 0) is 16.2 Å². The number of hydrogen-bond acceptors (Lipinski definition) is 6. The van der Waals surface area contributed by atoms with Crippen LogP contribution in [0.2, 0.25) is 0 Å². The van der Waals surface area contributed by atoms with E-state index in [4.69, 9.17) is 9.84 Å². The quantitative estimate of drug-likeness (QED) is 0.549. The number of para-hydroxylation sites is 1. The van der Waals surface area contributed by atoms with Crippen molar-refractivity contribution >= 4 is 35.0 Å². The van der Waals surface area contributed by atoms with Gasteiger partial charge in [-0.15, -0.1) is 5.10 Å². The number of carbonyl (C=O) groups excluding carboxylic acids is 1. The Balaban J connectivity index is 1.63. The zero-order valence-electron chi connectivity index (χ0n) is 14.5. The van der Waals surface area contributed by atoms with Crippen LogP contribution in [0.15, 0.2) is 58.7 Å². The van der Waals surface area contributed by atoms with Crippen molar-refractivity contribution in [3.8, 4) is 5.75 Å². The molecule has 1 heterocycles. The first-order valence-corrected chi connectivity index (χ1v) is 9.16. The number of carboxylic acid groups (broad SMARTS) is 1. The average Bonchev–Trinajstić information content (AvgIpc) is 3.01. The van der Waals surface area contributed by atoms with Crippen molar-refractivity contribution in [2.45, 2.75) is 18.3 Å². The van der Waals surface area contributed by atoms with E-state index in [2.05, 4.69) is 15.5 Å². The number of hydrogen-bond donors (Lipinski definition) is 2. The second-order valence-electron chi connectivity index (χ2n) is 5.80. The highest BCUT2D eigenvalue weighted by Crippen LogP contribution is 2.22. The molecule has 9 heteroatoms. The fourth-order valence-electron chi connectivity index (χ4n) is 2.35. The van der Waals surface area contributed by atoms with Crippen molar-refractivity contribution < 1.29 is 23.8 Å². The van der Waals surface area contributed by atoms with Crippen LogP contribution in [0, 0.1) is 5.82 Å². The number of ether oxygens (including phenoxy) is 1. The molecule has 0 radical (unpaired) electrons. The fourth-order valence-corrected chi connectivity index (χ4v) is 3.26. The van der Waals surface area contributed by atoms with E-state index in [-0.39, 0.29) is 24.0 Å². The average molecular weight is 401 g/mol. The number of rotatable bonds is 7. The molecule has 144 valence electrons. The number of amides is 1. The van der Waals surface area contributed by atoms with Crippen molar-refractivity contribution in [1.82, 2.24) is 5.32 Å². The minimum absolute atomic E-state index is 0.247. The lowest BCUT2D eigenvalue weighted by Crippen LogP contribution is -2.26. The second-order valence-corrected chi connectivity index (χ2v) is 6.99. The molecule has 2 N–H and O–H groups in total. The van der Waals surface area contributed by atoms with Gasteiger partial charge in [0, 0.05) is 5.56 Å². The van der Waals surface area contributed by atoms with Crippen LogP contribution in [0.4, 0.5) is 4.39 Å². The molecule has 0 saturated carbocycles. The summed E-state index contributed by atoms with van der Waals surface area (Å²) in [5.74, 6) is -1.19. The van der Waals surface area contributed by atoms with Crippen LogP contribution >= 0.6 is 11.8 Å². The van der Waals surface area contributed by atoms with Gasteiger partial charge in [0.25, 0.3) is 0 Å². The Morgan fingerprint density at radius 1 is 1.25 bits per heavy atom. The van der Waals surface area contributed by atoms with E-state index in [1.807, 2.05) is 12.1 Å². The summed E-state index contributed by atoms with van der Waals surface area (Å²) >= 11 is 1.03. The van der Waals surface area contributed by atoms with Crippen LogP contribution in [0.5, 0.6) is 5.75 Å². The molecular formula is C19H16FN3O4S. The summed E-state index contributed by atoms with van der Waals surface area (Å²) in [5.41, 5.74) is 1.49. The molecular weight excluding hydrogens is 385 g/mol. The molecule has 0 bridgehead atoms. The van der Waals surface area contributed by atoms with Gasteiger partial charge < -0.3 is 15.2 Å². The lowest BCUT2D eigenvalue weighted by atomic mass is 10.2. The number of carbonyl (C=O) groups is 2. The molecule has 7 nitrogen and oxygen atoms in total. The molecule has 1 fully saturated rings. The lowest BCUT2D eigenvalue weighted by molar-refractivity contribution is -0.138. The molecule has 28 heavy (non-hydrogen) atoms. The van der Waals surface area contributed by atoms with Gasteiger partial charge in [-0.05, 0) is 29.8 Å². The summed E-state index contributed by atoms with van der Waals surface area (Å²) in [6.45, 7) is 0.266. The summed E-state index contributed by atoms with van der Waals surface area (Å²) in [6, 6.07) is 13.2. The van der Waals surface area contributed by atoms with E-state index < -0.39 is 17.1 Å². The number of nitrogens with one attached hydrogen (secondary N) is 1. The normalized spacial score (nSPS) is 17.8. The number of aliphatic carboxylic acids is 1. The van der Waals surface area contributed by atoms with E-state index in [1.165, 1.54) is 18.3 Å². The van der Waals surface area contributed by atoms with Crippen molar-refractivity contribution in [3.05, 3.63) is 65.5 Å². The van der Waals surface area contributed by atoms with Crippen molar-refractivity contribution in [1.29, 1.82) is 0 Å². The Morgan fingerprint density at radius 2 is 2.00 bits per heavy atom. The van der Waals surface area contributed by atoms with Crippen molar-refractivity contribution in [2.24, 2.45) is 10.2 Å². The minimum Gasteiger partial charge on any atom is -0.488 e.